The molecule has 0 spiro atoms. The molecule has 2 nitrogen and oxygen atoms in total. The summed E-state index contributed by atoms with van der Waals surface area (Å²) in [6.07, 6.45) is 7.25. The van der Waals surface area contributed by atoms with E-state index in [1.54, 1.807) is 19.4 Å². The molecule has 1 aromatic heterocycles. The molecule has 1 rings (SSSR count). The predicted octanol–water partition coefficient (Wildman–Crippen LogP) is 3.18. The summed E-state index contributed by atoms with van der Waals surface area (Å²) in [7, 11) is 0. The fourth-order valence-corrected chi connectivity index (χ4v) is 0.648. The van der Waals surface area contributed by atoms with Crippen LogP contribution in [0.2, 0.25) is 0 Å². The van der Waals surface area contributed by atoms with E-state index >= 15 is 0 Å². The third kappa shape index (κ3) is 7.10. The smallest absolute Gasteiger partial charge is 0.190 e. The Morgan fingerprint density at radius 2 is 2.00 bits per heavy atom. The van der Waals surface area contributed by atoms with Crippen molar-refractivity contribution in [1.29, 1.82) is 0 Å². The zero-order chi connectivity index (χ0) is 8.53. The van der Waals surface area contributed by atoms with E-state index in [2.05, 4.69) is 18.8 Å². The molecule has 2 heteroatoms. The first-order valence-electron chi connectivity index (χ1n) is 4.17. The van der Waals surface area contributed by atoms with Gasteiger partial charge in [-0.05, 0) is 0 Å². The van der Waals surface area contributed by atoms with Crippen LogP contribution < -0.4 is 0 Å². The average molecular weight is 155 g/mol. The Kier molecular flexibility index (Phi) is 6.79. The van der Waals surface area contributed by atoms with Crippen LogP contribution in [0.5, 0.6) is 0 Å². The molecule has 0 fully saturated rings. The molecule has 0 saturated carbocycles. The van der Waals surface area contributed by atoms with Crippen LogP contribution in [-0.2, 0) is 0 Å². The zero-order valence-electron chi connectivity index (χ0n) is 7.63. The van der Waals surface area contributed by atoms with E-state index in [9.17, 15) is 0 Å². The highest BCUT2D eigenvalue weighted by atomic mass is 16.3. The van der Waals surface area contributed by atoms with Crippen LogP contribution >= 0.6 is 0 Å². The lowest BCUT2D eigenvalue weighted by Gasteiger charge is -1.79. The second-order valence-corrected chi connectivity index (χ2v) is 2.40. The van der Waals surface area contributed by atoms with Gasteiger partial charge in [0.25, 0.3) is 0 Å². The van der Waals surface area contributed by atoms with Crippen molar-refractivity contribution in [3.8, 4) is 0 Å². The molecule has 11 heavy (non-hydrogen) atoms. The van der Waals surface area contributed by atoms with Crippen molar-refractivity contribution in [2.24, 2.45) is 0 Å². The number of rotatable bonds is 2. The normalized spacial score (nSPS) is 8.64. The molecule has 0 aliphatic carbocycles. The molecule has 0 bridgehead atoms. The van der Waals surface area contributed by atoms with Gasteiger partial charge in [0.1, 0.15) is 6.26 Å². The van der Waals surface area contributed by atoms with Crippen LogP contribution in [0.15, 0.2) is 16.9 Å². The Labute approximate surface area is 68.6 Å². The third-order valence-electron chi connectivity index (χ3n) is 1.26. The Bertz CT molecular complexity index is 145. The maximum Gasteiger partial charge on any atom is 0.190 e. The van der Waals surface area contributed by atoms with Gasteiger partial charge in [-0.3, -0.25) is 0 Å². The lowest BCUT2D eigenvalue weighted by molar-refractivity contribution is 0.521. The lowest BCUT2D eigenvalue weighted by Crippen LogP contribution is -1.59. The van der Waals surface area contributed by atoms with Gasteiger partial charge in [0.15, 0.2) is 5.89 Å². The van der Waals surface area contributed by atoms with E-state index < -0.39 is 0 Å². The number of oxazole rings is 1. The van der Waals surface area contributed by atoms with Gasteiger partial charge in [-0.25, -0.2) is 4.98 Å². The largest absolute Gasteiger partial charge is 0.449 e. The van der Waals surface area contributed by atoms with Crippen molar-refractivity contribution in [3.63, 3.8) is 0 Å². The average Bonchev–Trinajstić information content (AvgIpc) is 2.43. The van der Waals surface area contributed by atoms with Gasteiger partial charge in [-0.2, -0.15) is 0 Å². The van der Waals surface area contributed by atoms with Gasteiger partial charge < -0.3 is 4.42 Å². The Morgan fingerprint density at radius 3 is 2.09 bits per heavy atom. The SMILES string of the molecule is CCCCC.Cc1ncco1. The monoisotopic (exact) mass is 155 g/mol. The maximum absolute atomic E-state index is 4.72. The standard InChI is InChI=1S/C5H12.C4H5NO/c1-3-5-4-2;1-4-5-2-3-6-4/h3-5H2,1-2H3;2-3H,1H3. The molecule has 0 amide bonds. The molecule has 0 atom stereocenters. The van der Waals surface area contributed by atoms with Gasteiger partial charge in [-0.1, -0.05) is 33.1 Å². The minimum Gasteiger partial charge on any atom is -0.449 e. The van der Waals surface area contributed by atoms with Crippen LogP contribution in [0.25, 0.3) is 0 Å². The number of aryl methyl sites for hydroxylation is 1. The van der Waals surface area contributed by atoms with E-state index in [1.165, 1.54) is 19.3 Å². The Morgan fingerprint density at radius 1 is 1.36 bits per heavy atom. The first-order chi connectivity index (χ1) is 5.31. The Hall–Kier alpha value is -0.790. The molecular weight excluding hydrogens is 138 g/mol. The molecule has 64 valence electrons. The lowest BCUT2D eigenvalue weighted by atomic mass is 10.3. The summed E-state index contributed by atoms with van der Waals surface area (Å²) >= 11 is 0. The number of hydrogen-bond acceptors (Lipinski definition) is 2. The molecule has 1 aromatic rings. The second-order valence-electron chi connectivity index (χ2n) is 2.40. The minimum absolute atomic E-state index is 0.718. The number of unbranched alkanes of at least 4 members (excludes halogenated alkanes) is 2. The maximum atomic E-state index is 4.72. The quantitative estimate of drug-likeness (QED) is 0.655. The summed E-state index contributed by atoms with van der Waals surface area (Å²) in [5.74, 6) is 0.718. The molecule has 0 aromatic carbocycles. The number of hydrogen-bond donors (Lipinski definition) is 0. The van der Waals surface area contributed by atoms with Gasteiger partial charge in [0.2, 0.25) is 0 Å². The molecule has 0 aliphatic rings. The van der Waals surface area contributed by atoms with E-state index in [-0.39, 0.29) is 0 Å². The van der Waals surface area contributed by atoms with Crippen molar-refractivity contribution in [1.82, 2.24) is 4.98 Å². The van der Waals surface area contributed by atoms with Gasteiger partial charge in [0.05, 0.1) is 6.20 Å². The molecular formula is C9H17NO. The van der Waals surface area contributed by atoms with E-state index in [1.807, 2.05) is 0 Å². The van der Waals surface area contributed by atoms with Crippen molar-refractivity contribution >= 4 is 0 Å². The number of aromatic nitrogens is 1. The van der Waals surface area contributed by atoms with E-state index in [4.69, 9.17) is 4.42 Å². The topological polar surface area (TPSA) is 26.0 Å². The van der Waals surface area contributed by atoms with E-state index in [0.717, 1.165) is 5.89 Å². The predicted molar refractivity (Wildman–Crippen MR) is 46.4 cm³/mol. The molecule has 0 radical (unpaired) electrons. The van der Waals surface area contributed by atoms with Crippen LogP contribution in [0, 0.1) is 6.92 Å². The summed E-state index contributed by atoms with van der Waals surface area (Å²) in [5.41, 5.74) is 0. The van der Waals surface area contributed by atoms with Crippen LogP contribution in [0.3, 0.4) is 0 Å². The summed E-state index contributed by atoms with van der Waals surface area (Å²) in [4.78, 5) is 3.75. The highest BCUT2D eigenvalue weighted by Gasteiger charge is 1.77. The molecule has 0 saturated heterocycles. The number of nitrogens with zero attached hydrogens (tertiary/aromatic N) is 1. The second kappa shape index (κ2) is 7.32. The molecule has 1 heterocycles. The van der Waals surface area contributed by atoms with Gasteiger partial charge in [-0.15, -0.1) is 0 Å². The highest BCUT2D eigenvalue weighted by molar-refractivity contribution is 4.72. The highest BCUT2D eigenvalue weighted by Crippen LogP contribution is 1.88. The van der Waals surface area contributed by atoms with Crippen molar-refractivity contribution in [2.45, 2.75) is 40.0 Å². The van der Waals surface area contributed by atoms with Crippen molar-refractivity contribution in [2.75, 3.05) is 0 Å². The van der Waals surface area contributed by atoms with Crippen molar-refractivity contribution < 1.29 is 4.42 Å². The van der Waals surface area contributed by atoms with Gasteiger partial charge in [0, 0.05) is 6.92 Å². The fraction of sp³-hybridized carbons (Fsp3) is 0.667. The van der Waals surface area contributed by atoms with Crippen LogP contribution in [0.1, 0.15) is 39.0 Å². The third-order valence-corrected chi connectivity index (χ3v) is 1.26. The first-order valence-corrected chi connectivity index (χ1v) is 4.17. The van der Waals surface area contributed by atoms with Crippen LogP contribution in [0.4, 0.5) is 0 Å². The van der Waals surface area contributed by atoms with E-state index in [0.29, 0.717) is 0 Å². The summed E-state index contributed by atoms with van der Waals surface area (Å²) in [5, 5.41) is 0. The zero-order valence-corrected chi connectivity index (χ0v) is 7.63. The first kappa shape index (κ1) is 10.2. The minimum atomic E-state index is 0.718. The fourth-order valence-electron chi connectivity index (χ4n) is 0.648. The summed E-state index contributed by atoms with van der Waals surface area (Å²) in [6.45, 7) is 6.23. The van der Waals surface area contributed by atoms with Crippen LogP contribution in [-0.4, -0.2) is 4.98 Å². The molecule has 0 aliphatic heterocycles. The van der Waals surface area contributed by atoms with Gasteiger partial charge >= 0.3 is 0 Å². The van der Waals surface area contributed by atoms with Crippen molar-refractivity contribution in [3.05, 3.63) is 18.4 Å². The summed E-state index contributed by atoms with van der Waals surface area (Å²) in [6, 6.07) is 0. The Balaban J connectivity index is 0.000000187. The molecule has 0 N–H and O–H groups in total. The summed E-state index contributed by atoms with van der Waals surface area (Å²) < 4.78 is 4.72. The molecule has 0 unspecified atom stereocenters.